The SMILES string of the molecule is O=C(CSc1nc2ccccc2c(=O)n1-c1ccccc1F)NC(=O)c1ccccc1. The number of hydrogen-bond acceptors (Lipinski definition) is 5. The van der Waals surface area contributed by atoms with Gasteiger partial charge in [0.2, 0.25) is 5.91 Å². The van der Waals surface area contributed by atoms with E-state index in [1.54, 1.807) is 60.7 Å². The number of nitrogens with zero attached hydrogens (tertiary/aromatic N) is 2. The van der Waals surface area contributed by atoms with Crippen LogP contribution in [0.15, 0.2) is 88.8 Å². The number of thioether (sulfide) groups is 1. The maximum atomic E-state index is 14.5. The number of hydrogen-bond donors (Lipinski definition) is 1. The molecule has 0 saturated heterocycles. The van der Waals surface area contributed by atoms with E-state index in [-0.39, 0.29) is 16.6 Å². The Kier molecular flexibility index (Phi) is 5.90. The summed E-state index contributed by atoms with van der Waals surface area (Å²) in [4.78, 5) is 42.0. The predicted molar refractivity (Wildman–Crippen MR) is 117 cm³/mol. The van der Waals surface area contributed by atoms with Crippen molar-refractivity contribution < 1.29 is 14.0 Å². The average Bonchev–Trinajstić information content (AvgIpc) is 2.79. The van der Waals surface area contributed by atoms with E-state index in [2.05, 4.69) is 10.3 Å². The average molecular weight is 433 g/mol. The standard InChI is InChI=1S/C23H16FN3O3S/c24-17-11-5-7-13-19(17)27-22(30)16-10-4-6-12-18(16)25-23(27)31-14-20(28)26-21(29)15-8-2-1-3-9-15/h1-13H,14H2,(H,26,28,29). The van der Waals surface area contributed by atoms with Gasteiger partial charge in [-0.1, -0.05) is 54.2 Å². The highest BCUT2D eigenvalue weighted by Crippen LogP contribution is 2.22. The van der Waals surface area contributed by atoms with Crippen molar-refractivity contribution >= 4 is 34.5 Å². The van der Waals surface area contributed by atoms with Crippen molar-refractivity contribution in [2.24, 2.45) is 0 Å². The number of amides is 2. The minimum Gasteiger partial charge on any atom is -0.292 e. The molecule has 0 aliphatic carbocycles. The topological polar surface area (TPSA) is 81.1 Å². The quantitative estimate of drug-likeness (QED) is 0.384. The van der Waals surface area contributed by atoms with Crippen LogP contribution >= 0.6 is 11.8 Å². The number of imide groups is 1. The van der Waals surface area contributed by atoms with Gasteiger partial charge in [0.1, 0.15) is 5.82 Å². The number of halogens is 1. The Bertz CT molecular complexity index is 1340. The first-order valence-electron chi connectivity index (χ1n) is 9.33. The van der Waals surface area contributed by atoms with Crippen LogP contribution in [-0.2, 0) is 4.79 Å². The molecule has 31 heavy (non-hydrogen) atoms. The van der Waals surface area contributed by atoms with Crippen molar-refractivity contribution in [2.45, 2.75) is 5.16 Å². The van der Waals surface area contributed by atoms with E-state index < -0.39 is 23.2 Å². The monoisotopic (exact) mass is 433 g/mol. The third-order valence-corrected chi connectivity index (χ3v) is 5.40. The van der Waals surface area contributed by atoms with E-state index >= 15 is 0 Å². The summed E-state index contributed by atoms with van der Waals surface area (Å²) in [6, 6.07) is 20.9. The van der Waals surface area contributed by atoms with Gasteiger partial charge in [-0.3, -0.25) is 24.3 Å². The van der Waals surface area contributed by atoms with Crippen LogP contribution in [0.4, 0.5) is 4.39 Å². The minimum atomic E-state index is -0.591. The molecular weight excluding hydrogens is 417 g/mol. The molecule has 1 aromatic heterocycles. The summed E-state index contributed by atoms with van der Waals surface area (Å²) in [5.74, 6) is -1.85. The van der Waals surface area contributed by atoms with Crippen LogP contribution in [0.1, 0.15) is 10.4 Å². The molecule has 0 saturated carbocycles. The van der Waals surface area contributed by atoms with Gasteiger partial charge in [0, 0.05) is 5.56 Å². The zero-order valence-electron chi connectivity index (χ0n) is 16.1. The largest absolute Gasteiger partial charge is 0.292 e. The molecular formula is C23H16FN3O3S. The third kappa shape index (κ3) is 4.39. The first-order valence-corrected chi connectivity index (χ1v) is 10.3. The summed E-state index contributed by atoms with van der Waals surface area (Å²) < 4.78 is 15.6. The van der Waals surface area contributed by atoms with Crippen molar-refractivity contribution in [3.05, 3.63) is 101 Å². The van der Waals surface area contributed by atoms with Crippen molar-refractivity contribution in [3.8, 4) is 5.69 Å². The second-order valence-corrected chi connectivity index (χ2v) is 7.48. The number of nitrogens with one attached hydrogen (secondary N) is 1. The maximum absolute atomic E-state index is 14.5. The Morgan fingerprint density at radius 3 is 2.39 bits per heavy atom. The molecule has 4 rings (SSSR count). The van der Waals surface area contributed by atoms with E-state index in [0.29, 0.717) is 16.5 Å². The van der Waals surface area contributed by atoms with E-state index in [1.807, 2.05) is 0 Å². The summed E-state index contributed by atoms with van der Waals surface area (Å²) >= 11 is 0.946. The van der Waals surface area contributed by atoms with E-state index in [9.17, 15) is 18.8 Å². The molecule has 2 amide bonds. The zero-order chi connectivity index (χ0) is 21.8. The van der Waals surface area contributed by atoms with Crippen molar-refractivity contribution in [1.82, 2.24) is 14.9 Å². The Labute approximate surface area is 180 Å². The summed E-state index contributed by atoms with van der Waals surface area (Å²) in [7, 11) is 0. The van der Waals surface area contributed by atoms with Crippen LogP contribution in [-0.4, -0.2) is 27.1 Å². The zero-order valence-corrected chi connectivity index (χ0v) is 16.9. The third-order valence-electron chi connectivity index (χ3n) is 4.46. The van der Waals surface area contributed by atoms with Crippen molar-refractivity contribution in [1.29, 1.82) is 0 Å². The lowest BCUT2D eigenvalue weighted by Crippen LogP contribution is -2.32. The first-order chi connectivity index (χ1) is 15.0. The highest BCUT2D eigenvalue weighted by Gasteiger charge is 2.18. The fraction of sp³-hybridized carbons (Fsp3) is 0.0435. The van der Waals surface area contributed by atoms with Crippen molar-refractivity contribution in [3.63, 3.8) is 0 Å². The van der Waals surface area contributed by atoms with Gasteiger partial charge in [-0.2, -0.15) is 0 Å². The van der Waals surface area contributed by atoms with Gasteiger partial charge in [0.05, 0.1) is 22.3 Å². The second-order valence-electron chi connectivity index (χ2n) is 6.54. The molecule has 0 aliphatic heterocycles. The van der Waals surface area contributed by atoms with E-state index in [0.717, 1.165) is 16.3 Å². The van der Waals surface area contributed by atoms with Gasteiger partial charge >= 0.3 is 0 Å². The van der Waals surface area contributed by atoms with Gasteiger partial charge < -0.3 is 0 Å². The van der Waals surface area contributed by atoms with Crippen LogP contribution in [0.3, 0.4) is 0 Å². The lowest BCUT2D eigenvalue weighted by molar-refractivity contribution is -0.117. The number of carbonyl (C=O) groups excluding carboxylic acids is 2. The van der Waals surface area contributed by atoms with Crippen LogP contribution in [0.25, 0.3) is 16.6 Å². The molecule has 0 radical (unpaired) electrons. The molecule has 4 aromatic rings. The highest BCUT2D eigenvalue weighted by molar-refractivity contribution is 7.99. The summed E-state index contributed by atoms with van der Waals surface area (Å²) in [6.07, 6.45) is 0. The number of aromatic nitrogens is 2. The molecule has 1 N–H and O–H groups in total. The van der Waals surface area contributed by atoms with Crippen LogP contribution in [0.5, 0.6) is 0 Å². The summed E-state index contributed by atoms with van der Waals surface area (Å²) in [5.41, 5.74) is 0.379. The molecule has 6 nitrogen and oxygen atoms in total. The normalized spacial score (nSPS) is 10.7. The molecule has 0 aliphatic rings. The van der Waals surface area contributed by atoms with Gasteiger partial charge in [-0.05, 0) is 36.4 Å². The van der Waals surface area contributed by atoms with Crippen molar-refractivity contribution in [2.75, 3.05) is 5.75 Å². The minimum absolute atomic E-state index is 0.0361. The fourth-order valence-electron chi connectivity index (χ4n) is 3.01. The molecule has 0 atom stereocenters. The lowest BCUT2D eigenvalue weighted by Gasteiger charge is -2.13. The van der Waals surface area contributed by atoms with Gasteiger partial charge in [0.15, 0.2) is 5.16 Å². The predicted octanol–water partition coefficient (Wildman–Crippen LogP) is 3.57. The second kappa shape index (κ2) is 8.93. The van der Waals surface area contributed by atoms with Gasteiger partial charge in [0.25, 0.3) is 11.5 Å². The Morgan fingerprint density at radius 2 is 1.61 bits per heavy atom. The number of rotatable bonds is 5. The molecule has 0 spiro atoms. The fourth-order valence-corrected chi connectivity index (χ4v) is 3.81. The smallest absolute Gasteiger partial charge is 0.266 e. The Balaban J connectivity index is 1.65. The molecule has 154 valence electrons. The Morgan fingerprint density at radius 1 is 0.935 bits per heavy atom. The van der Waals surface area contributed by atoms with Crippen LogP contribution in [0, 0.1) is 5.82 Å². The number of benzene rings is 3. The summed E-state index contributed by atoms with van der Waals surface area (Å²) in [5, 5.41) is 2.78. The number of para-hydroxylation sites is 2. The van der Waals surface area contributed by atoms with Crippen LogP contribution in [0.2, 0.25) is 0 Å². The molecule has 8 heteroatoms. The summed E-state index contributed by atoms with van der Waals surface area (Å²) in [6.45, 7) is 0. The molecule has 1 heterocycles. The first kappa shape index (κ1) is 20.5. The van der Waals surface area contributed by atoms with E-state index in [4.69, 9.17) is 0 Å². The molecule has 0 fully saturated rings. The van der Waals surface area contributed by atoms with Gasteiger partial charge in [-0.25, -0.2) is 9.37 Å². The number of carbonyl (C=O) groups is 2. The van der Waals surface area contributed by atoms with E-state index in [1.165, 1.54) is 18.2 Å². The number of fused-ring (bicyclic) bond motifs is 1. The van der Waals surface area contributed by atoms with Crippen LogP contribution < -0.4 is 10.9 Å². The molecule has 3 aromatic carbocycles. The lowest BCUT2D eigenvalue weighted by atomic mass is 10.2. The Hall–Kier alpha value is -3.78. The molecule has 0 bridgehead atoms. The molecule has 0 unspecified atom stereocenters. The van der Waals surface area contributed by atoms with Gasteiger partial charge in [-0.15, -0.1) is 0 Å². The maximum Gasteiger partial charge on any atom is 0.266 e. The highest BCUT2D eigenvalue weighted by atomic mass is 32.2.